The van der Waals surface area contributed by atoms with E-state index in [9.17, 15) is 19.3 Å². The van der Waals surface area contributed by atoms with Crippen LogP contribution >= 0.6 is 15.9 Å². The molecule has 0 aliphatic rings. The van der Waals surface area contributed by atoms with Gasteiger partial charge in [-0.2, -0.15) is 0 Å². The minimum atomic E-state index is -1.26. The quantitative estimate of drug-likeness (QED) is 0.661. The van der Waals surface area contributed by atoms with E-state index in [1.165, 1.54) is 12.1 Å². The lowest BCUT2D eigenvalue weighted by molar-refractivity contribution is -0.385. The number of halogens is 2. The number of rotatable bonds is 4. The molecule has 8 heteroatoms. The first-order chi connectivity index (χ1) is 9.88. The summed E-state index contributed by atoms with van der Waals surface area (Å²) in [5, 5.41) is 19.8. The number of nitro benzene ring substituents is 1. The number of nitrogens with zero attached hydrogens (tertiary/aromatic N) is 1. The lowest BCUT2D eigenvalue weighted by Crippen LogP contribution is -2.00. The Hall–Kier alpha value is -2.48. The Morgan fingerprint density at radius 3 is 2.57 bits per heavy atom. The van der Waals surface area contributed by atoms with E-state index in [0.29, 0.717) is 4.47 Å². The Balaban J connectivity index is 2.50. The second-order valence-corrected chi connectivity index (χ2v) is 4.78. The van der Waals surface area contributed by atoms with Gasteiger partial charge in [-0.05, 0) is 34.1 Å². The minimum absolute atomic E-state index is 0.000591. The number of benzene rings is 2. The van der Waals surface area contributed by atoms with Crippen LogP contribution in [0.3, 0.4) is 0 Å². The predicted molar refractivity (Wildman–Crippen MR) is 74.2 cm³/mol. The van der Waals surface area contributed by atoms with E-state index in [1.54, 1.807) is 0 Å². The molecule has 0 saturated carbocycles. The highest BCUT2D eigenvalue weighted by atomic mass is 79.9. The first-order valence-corrected chi connectivity index (χ1v) is 6.32. The summed E-state index contributed by atoms with van der Waals surface area (Å²) >= 11 is 3.12. The van der Waals surface area contributed by atoms with Crippen LogP contribution in [0.2, 0.25) is 0 Å². The number of aromatic carboxylic acids is 1. The summed E-state index contributed by atoms with van der Waals surface area (Å²) in [7, 11) is 0. The second-order valence-electron chi connectivity index (χ2n) is 3.92. The van der Waals surface area contributed by atoms with Gasteiger partial charge in [0, 0.05) is 18.2 Å². The molecule has 0 bridgehead atoms. The number of hydrogen-bond acceptors (Lipinski definition) is 4. The van der Waals surface area contributed by atoms with E-state index < -0.39 is 22.4 Å². The van der Waals surface area contributed by atoms with E-state index in [-0.39, 0.29) is 17.1 Å². The molecule has 2 aromatic rings. The summed E-state index contributed by atoms with van der Waals surface area (Å²) in [5.74, 6) is -2.13. The van der Waals surface area contributed by atoms with Crippen molar-refractivity contribution in [1.29, 1.82) is 0 Å². The van der Waals surface area contributed by atoms with Crippen molar-refractivity contribution in [1.82, 2.24) is 0 Å². The fourth-order valence-corrected chi connectivity index (χ4v) is 1.88. The van der Waals surface area contributed by atoms with E-state index in [4.69, 9.17) is 9.84 Å². The first-order valence-electron chi connectivity index (χ1n) is 5.53. The fraction of sp³-hybridized carbons (Fsp3) is 0. The molecule has 2 rings (SSSR count). The Kier molecular flexibility index (Phi) is 4.18. The van der Waals surface area contributed by atoms with Crippen molar-refractivity contribution in [3.8, 4) is 11.5 Å². The molecular formula is C13H7BrFNO5. The smallest absolute Gasteiger partial charge is 0.335 e. The van der Waals surface area contributed by atoms with Crippen molar-refractivity contribution >= 4 is 27.6 Å². The van der Waals surface area contributed by atoms with Crippen LogP contribution in [-0.2, 0) is 0 Å². The Morgan fingerprint density at radius 1 is 1.24 bits per heavy atom. The lowest BCUT2D eigenvalue weighted by atomic mass is 10.2. The number of ether oxygens (including phenoxy) is 1. The lowest BCUT2D eigenvalue weighted by Gasteiger charge is -2.09. The maximum Gasteiger partial charge on any atom is 0.335 e. The van der Waals surface area contributed by atoms with Crippen molar-refractivity contribution in [3.05, 3.63) is 62.4 Å². The van der Waals surface area contributed by atoms with Crippen molar-refractivity contribution in [2.24, 2.45) is 0 Å². The number of hydrogen-bond donors (Lipinski definition) is 1. The van der Waals surface area contributed by atoms with Crippen LogP contribution < -0.4 is 4.74 Å². The molecule has 6 nitrogen and oxygen atoms in total. The zero-order valence-electron chi connectivity index (χ0n) is 10.2. The van der Waals surface area contributed by atoms with E-state index in [2.05, 4.69) is 15.9 Å². The van der Waals surface area contributed by atoms with Crippen LogP contribution in [-0.4, -0.2) is 16.0 Å². The summed E-state index contributed by atoms with van der Waals surface area (Å²) < 4.78 is 18.8. The molecule has 0 spiro atoms. The Morgan fingerprint density at radius 2 is 1.95 bits per heavy atom. The topological polar surface area (TPSA) is 89.7 Å². The zero-order chi connectivity index (χ0) is 15.6. The molecule has 0 aliphatic carbocycles. The predicted octanol–water partition coefficient (Wildman–Crippen LogP) is 3.99. The van der Waals surface area contributed by atoms with Crippen LogP contribution in [0.25, 0.3) is 0 Å². The number of nitro groups is 1. The molecule has 0 aliphatic heterocycles. The molecule has 0 amide bonds. The third-order valence-electron chi connectivity index (χ3n) is 2.52. The third-order valence-corrected chi connectivity index (χ3v) is 3.17. The molecule has 0 radical (unpaired) electrons. The van der Waals surface area contributed by atoms with E-state index in [0.717, 1.165) is 24.3 Å². The van der Waals surface area contributed by atoms with Gasteiger partial charge in [0.1, 0.15) is 11.6 Å². The summed E-state index contributed by atoms with van der Waals surface area (Å²) in [6.45, 7) is 0. The number of carbonyl (C=O) groups is 1. The molecule has 0 unspecified atom stereocenters. The van der Waals surface area contributed by atoms with Gasteiger partial charge in [-0.3, -0.25) is 10.1 Å². The summed E-state index contributed by atoms with van der Waals surface area (Å²) in [6.07, 6.45) is 0. The van der Waals surface area contributed by atoms with Crippen molar-refractivity contribution < 1.29 is 24.0 Å². The molecule has 0 atom stereocenters. The summed E-state index contributed by atoms with van der Waals surface area (Å²) in [6, 6.07) is 6.70. The molecule has 21 heavy (non-hydrogen) atoms. The van der Waals surface area contributed by atoms with Crippen LogP contribution in [0.4, 0.5) is 10.1 Å². The third kappa shape index (κ3) is 3.34. The molecule has 1 N–H and O–H groups in total. The van der Waals surface area contributed by atoms with Gasteiger partial charge >= 0.3 is 11.7 Å². The van der Waals surface area contributed by atoms with Crippen LogP contribution in [0.1, 0.15) is 10.4 Å². The van der Waals surface area contributed by atoms with Gasteiger partial charge in [-0.25, -0.2) is 9.18 Å². The van der Waals surface area contributed by atoms with Gasteiger partial charge in [0.05, 0.1) is 15.0 Å². The van der Waals surface area contributed by atoms with Gasteiger partial charge in [0.15, 0.2) is 0 Å². The largest absolute Gasteiger partial charge is 0.478 e. The first kappa shape index (κ1) is 14.9. The maximum atomic E-state index is 13.2. The van der Waals surface area contributed by atoms with Crippen molar-refractivity contribution in [3.63, 3.8) is 0 Å². The number of carboxylic acids is 1. The Bertz CT molecular complexity index is 734. The number of carboxylic acid groups (broad SMARTS) is 1. The standard InChI is InChI=1S/C13H7BrFNO5/c14-9-3-2-8(15)6-11(9)21-12-5-7(13(17)18)1-4-10(12)16(19)20/h1-6H,(H,17,18). The van der Waals surface area contributed by atoms with Gasteiger partial charge < -0.3 is 9.84 Å². The van der Waals surface area contributed by atoms with Crippen LogP contribution in [0.5, 0.6) is 11.5 Å². The van der Waals surface area contributed by atoms with Crippen molar-refractivity contribution in [2.45, 2.75) is 0 Å². The maximum absolute atomic E-state index is 13.2. The molecule has 0 heterocycles. The molecule has 0 aromatic heterocycles. The molecular weight excluding hydrogens is 349 g/mol. The average Bonchev–Trinajstić information content (AvgIpc) is 2.42. The second kappa shape index (κ2) is 5.88. The van der Waals surface area contributed by atoms with E-state index >= 15 is 0 Å². The average molecular weight is 356 g/mol. The van der Waals surface area contributed by atoms with Crippen LogP contribution in [0, 0.1) is 15.9 Å². The normalized spacial score (nSPS) is 10.2. The molecule has 108 valence electrons. The summed E-state index contributed by atoms with van der Waals surface area (Å²) in [4.78, 5) is 21.1. The summed E-state index contributed by atoms with van der Waals surface area (Å²) in [5.41, 5.74) is -0.598. The monoisotopic (exact) mass is 355 g/mol. The SMILES string of the molecule is O=C(O)c1ccc([N+](=O)[O-])c(Oc2cc(F)ccc2Br)c1. The van der Waals surface area contributed by atoms with Gasteiger partial charge in [0.2, 0.25) is 5.75 Å². The van der Waals surface area contributed by atoms with Gasteiger partial charge in [-0.1, -0.05) is 0 Å². The highest BCUT2D eigenvalue weighted by Gasteiger charge is 2.19. The van der Waals surface area contributed by atoms with Crippen LogP contribution in [0.15, 0.2) is 40.9 Å². The van der Waals surface area contributed by atoms with E-state index in [1.807, 2.05) is 0 Å². The van der Waals surface area contributed by atoms with Gasteiger partial charge in [0.25, 0.3) is 0 Å². The zero-order valence-corrected chi connectivity index (χ0v) is 11.8. The Labute approximate surface area is 126 Å². The highest BCUT2D eigenvalue weighted by Crippen LogP contribution is 2.36. The molecule has 2 aromatic carbocycles. The fourth-order valence-electron chi connectivity index (χ4n) is 1.55. The minimum Gasteiger partial charge on any atom is -0.478 e. The highest BCUT2D eigenvalue weighted by molar-refractivity contribution is 9.10. The van der Waals surface area contributed by atoms with Crippen molar-refractivity contribution in [2.75, 3.05) is 0 Å². The van der Waals surface area contributed by atoms with Gasteiger partial charge in [-0.15, -0.1) is 0 Å². The molecule has 0 saturated heterocycles. The molecule has 0 fully saturated rings.